The van der Waals surface area contributed by atoms with E-state index in [0.717, 1.165) is 24.7 Å². The van der Waals surface area contributed by atoms with Crippen LogP contribution in [-0.2, 0) is 4.84 Å². The first-order valence-corrected chi connectivity index (χ1v) is 7.80. The van der Waals surface area contributed by atoms with Crippen molar-refractivity contribution >= 4 is 51.0 Å². The average Bonchev–Trinajstić information content (AvgIpc) is 2.33. The van der Waals surface area contributed by atoms with Crippen molar-refractivity contribution in [3.8, 4) is 0 Å². The fourth-order valence-electron chi connectivity index (χ4n) is 0.502. The molecule has 0 radical (unpaired) electrons. The van der Waals surface area contributed by atoms with E-state index < -0.39 is 23.5 Å². The van der Waals surface area contributed by atoms with Crippen molar-refractivity contribution < 1.29 is 32.0 Å². The number of hydrogen-bond acceptors (Lipinski definition) is 7. The zero-order valence-corrected chi connectivity index (χ0v) is 12.8. The maximum Gasteiger partial charge on any atom is 0.446 e. The Morgan fingerprint density at radius 2 is 1.65 bits per heavy atom. The monoisotopic (exact) mass is 355 g/mol. The summed E-state index contributed by atoms with van der Waals surface area (Å²) in [4.78, 5) is 25.6. The quantitative estimate of drug-likeness (QED) is 0.0885. The van der Waals surface area contributed by atoms with Crippen molar-refractivity contribution in [2.75, 3.05) is 20.4 Å². The van der Waals surface area contributed by atoms with Crippen LogP contribution in [0.5, 0.6) is 0 Å². The van der Waals surface area contributed by atoms with Crippen LogP contribution in [0.4, 0.5) is 27.2 Å². The lowest BCUT2D eigenvalue weighted by Gasteiger charge is -2.15. The molecule has 0 N–H and O–H groups in total. The third kappa shape index (κ3) is 7.09. The Bertz CT molecular complexity index is 393. The highest BCUT2D eigenvalue weighted by molar-refractivity contribution is 8.75. The standard InChI is InChI=1S/C7H9F4N3O3S3/c1-13(5(8)15)19-20-14(2)6(16)17-12-4(18-3)7(9,10)11/h1-3H3. The predicted molar refractivity (Wildman–Crippen MR) is 70.7 cm³/mol. The Kier molecular flexibility index (Phi) is 8.12. The van der Waals surface area contributed by atoms with E-state index in [1.807, 2.05) is 0 Å². The summed E-state index contributed by atoms with van der Waals surface area (Å²) in [5.74, 6) is 0. The lowest BCUT2D eigenvalue weighted by Crippen LogP contribution is -2.23. The van der Waals surface area contributed by atoms with Gasteiger partial charge in [-0.15, -0.1) is 16.2 Å². The predicted octanol–water partition coefficient (Wildman–Crippen LogP) is 3.53. The number of carbonyl (C=O) groups is 2. The lowest BCUT2D eigenvalue weighted by molar-refractivity contribution is -0.0575. The van der Waals surface area contributed by atoms with Crippen molar-refractivity contribution in [3.05, 3.63) is 0 Å². The molecule has 13 heteroatoms. The molecule has 0 aliphatic carbocycles. The summed E-state index contributed by atoms with van der Waals surface area (Å²) < 4.78 is 50.2. The second kappa shape index (κ2) is 8.46. The zero-order chi connectivity index (χ0) is 15.9. The number of thioether (sulfide) groups is 1. The van der Waals surface area contributed by atoms with Gasteiger partial charge in [0, 0.05) is 36.1 Å². The average molecular weight is 355 g/mol. The van der Waals surface area contributed by atoms with Crippen LogP contribution in [0.1, 0.15) is 0 Å². The SMILES string of the molecule is CSC(=NOC(=O)N(C)SSN(C)C(=O)F)C(F)(F)F. The minimum absolute atomic E-state index is 0.267. The van der Waals surface area contributed by atoms with Gasteiger partial charge in [-0.2, -0.15) is 13.2 Å². The first-order chi connectivity index (χ1) is 9.09. The second-order valence-electron chi connectivity index (χ2n) is 2.85. The fraction of sp³-hybridized carbons (Fsp3) is 0.571. The van der Waals surface area contributed by atoms with Gasteiger partial charge < -0.3 is 0 Å². The maximum atomic E-state index is 12.3. The van der Waals surface area contributed by atoms with Gasteiger partial charge in [0.05, 0.1) is 0 Å². The second-order valence-corrected chi connectivity index (χ2v) is 5.94. The van der Waals surface area contributed by atoms with Gasteiger partial charge in [0.25, 0.3) is 0 Å². The summed E-state index contributed by atoms with van der Waals surface area (Å²) in [6.45, 7) is 0. The molecule has 116 valence electrons. The molecule has 0 fully saturated rings. The van der Waals surface area contributed by atoms with Crippen molar-refractivity contribution in [3.63, 3.8) is 0 Å². The maximum absolute atomic E-state index is 12.3. The molecule has 0 spiro atoms. The lowest BCUT2D eigenvalue weighted by atomic mass is 10.7. The highest BCUT2D eigenvalue weighted by atomic mass is 33.1. The van der Waals surface area contributed by atoms with E-state index in [9.17, 15) is 27.2 Å². The van der Waals surface area contributed by atoms with Crippen LogP contribution in [0.2, 0.25) is 0 Å². The largest absolute Gasteiger partial charge is 0.446 e. The Morgan fingerprint density at radius 1 is 1.15 bits per heavy atom. The number of oxime groups is 1. The zero-order valence-electron chi connectivity index (χ0n) is 10.3. The number of carbonyl (C=O) groups excluding carboxylic acids is 2. The van der Waals surface area contributed by atoms with E-state index in [1.165, 1.54) is 0 Å². The molecular weight excluding hydrogens is 346 g/mol. The number of alkyl halides is 3. The van der Waals surface area contributed by atoms with E-state index in [1.54, 1.807) is 0 Å². The molecule has 6 nitrogen and oxygen atoms in total. The highest BCUT2D eigenvalue weighted by Crippen LogP contribution is 2.29. The molecule has 0 atom stereocenters. The number of rotatable bonds is 4. The normalized spacial score (nSPS) is 12.1. The van der Waals surface area contributed by atoms with Gasteiger partial charge >= 0.3 is 18.4 Å². The minimum Gasteiger partial charge on any atom is -0.296 e. The fourth-order valence-corrected chi connectivity index (χ4v) is 2.16. The van der Waals surface area contributed by atoms with Crippen LogP contribution in [0.25, 0.3) is 0 Å². The van der Waals surface area contributed by atoms with Gasteiger partial charge in [-0.3, -0.25) is 9.14 Å². The third-order valence-corrected chi connectivity index (χ3v) is 4.44. The van der Waals surface area contributed by atoms with Crippen LogP contribution >= 0.6 is 33.7 Å². The summed E-state index contributed by atoms with van der Waals surface area (Å²) in [5.41, 5.74) is 0. The molecule has 0 aromatic heterocycles. The first kappa shape index (κ1) is 19.2. The Labute approximate surface area is 123 Å². The topological polar surface area (TPSA) is 62.2 Å². The molecule has 0 aromatic rings. The van der Waals surface area contributed by atoms with Crippen molar-refractivity contribution in [1.82, 2.24) is 8.61 Å². The summed E-state index contributed by atoms with van der Waals surface area (Å²) >= 11 is 0.267. The van der Waals surface area contributed by atoms with Crippen LogP contribution in [0.15, 0.2) is 5.16 Å². The molecule has 0 saturated carbocycles. The van der Waals surface area contributed by atoms with Gasteiger partial charge in [-0.1, -0.05) is 5.16 Å². The molecule has 0 aliphatic heterocycles. The van der Waals surface area contributed by atoms with Gasteiger partial charge in [0.15, 0.2) is 0 Å². The molecule has 0 aliphatic rings. The molecule has 0 heterocycles. The minimum atomic E-state index is -4.72. The van der Waals surface area contributed by atoms with Crippen LogP contribution in [-0.4, -0.2) is 52.4 Å². The van der Waals surface area contributed by atoms with E-state index in [0.29, 0.717) is 26.3 Å². The Hall–Kier alpha value is -0.820. The van der Waals surface area contributed by atoms with Gasteiger partial charge in [-0.05, 0) is 6.26 Å². The summed E-state index contributed by atoms with van der Waals surface area (Å²) in [6, 6.07) is 0. The molecule has 20 heavy (non-hydrogen) atoms. The van der Waals surface area contributed by atoms with E-state index in [2.05, 4.69) is 9.99 Å². The molecule has 0 unspecified atom stereocenters. The van der Waals surface area contributed by atoms with Crippen LogP contribution < -0.4 is 0 Å². The van der Waals surface area contributed by atoms with Crippen molar-refractivity contribution in [2.45, 2.75) is 6.18 Å². The van der Waals surface area contributed by atoms with Gasteiger partial charge in [0.1, 0.15) is 0 Å². The smallest absolute Gasteiger partial charge is 0.296 e. The molecule has 0 bridgehead atoms. The number of nitrogens with zero attached hydrogens (tertiary/aromatic N) is 3. The Balaban J connectivity index is 4.40. The van der Waals surface area contributed by atoms with E-state index in [-0.39, 0.29) is 11.8 Å². The number of hydrogen-bond donors (Lipinski definition) is 0. The number of amides is 2. The van der Waals surface area contributed by atoms with Crippen LogP contribution in [0, 0.1) is 0 Å². The summed E-state index contributed by atoms with van der Waals surface area (Å²) in [7, 11) is 3.37. The molecule has 0 aromatic carbocycles. The van der Waals surface area contributed by atoms with Crippen molar-refractivity contribution in [2.24, 2.45) is 5.16 Å². The van der Waals surface area contributed by atoms with Crippen molar-refractivity contribution in [1.29, 1.82) is 0 Å². The van der Waals surface area contributed by atoms with E-state index >= 15 is 0 Å². The summed E-state index contributed by atoms with van der Waals surface area (Å²) in [5, 5.41) is 1.36. The highest BCUT2D eigenvalue weighted by Gasteiger charge is 2.36. The van der Waals surface area contributed by atoms with Gasteiger partial charge in [0.2, 0.25) is 5.04 Å². The Morgan fingerprint density at radius 3 is 2.05 bits per heavy atom. The molecule has 0 rings (SSSR count). The van der Waals surface area contributed by atoms with E-state index in [4.69, 9.17) is 0 Å². The third-order valence-electron chi connectivity index (χ3n) is 1.40. The molecule has 0 saturated heterocycles. The molecular formula is C7H9F4N3O3S3. The first-order valence-electron chi connectivity index (χ1n) is 4.51. The van der Waals surface area contributed by atoms with Crippen LogP contribution in [0.3, 0.4) is 0 Å². The number of halogens is 4. The summed E-state index contributed by atoms with van der Waals surface area (Å²) in [6.07, 6.45) is -6.56. The molecule has 2 amide bonds. The van der Waals surface area contributed by atoms with Gasteiger partial charge in [-0.25, -0.2) is 13.9 Å².